The van der Waals surface area contributed by atoms with E-state index in [1.165, 1.54) is 4.90 Å². The molecule has 21 heavy (non-hydrogen) atoms. The molecule has 0 saturated carbocycles. The fourth-order valence-electron chi connectivity index (χ4n) is 2.17. The average Bonchev–Trinajstić information content (AvgIpc) is 2.76. The van der Waals surface area contributed by atoms with Crippen LogP contribution in [0.2, 0.25) is 0 Å². The van der Waals surface area contributed by atoms with E-state index in [0.717, 1.165) is 12.1 Å². The molecule has 0 aliphatic carbocycles. The molecule has 114 valence electrons. The van der Waals surface area contributed by atoms with E-state index < -0.39 is 29.1 Å². The minimum atomic E-state index is -2.14. The Morgan fingerprint density at radius 1 is 1.38 bits per heavy atom. The number of hydrogen-bond donors (Lipinski definition) is 2. The first-order chi connectivity index (χ1) is 9.80. The number of nitrogens with zero attached hydrogens (tertiary/aromatic N) is 1. The van der Waals surface area contributed by atoms with Crippen LogP contribution in [0.15, 0.2) is 18.2 Å². The summed E-state index contributed by atoms with van der Waals surface area (Å²) in [6, 6.07) is 2.74. The highest BCUT2D eigenvalue weighted by molar-refractivity contribution is 5.92. The molecule has 1 heterocycles. The maximum Gasteiger partial charge on any atom is 0.256 e. The SMILES string of the molecule is NC(=O)C1(F)CCN(CC(=O)Nc2ccc(F)cc2F)C1. The van der Waals surface area contributed by atoms with Gasteiger partial charge in [-0.25, -0.2) is 13.2 Å². The molecule has 1 saturated heterocycles. The van der Waals surface area contributed by atoms with Crippen molar-refractivity contribution in [1.29, 1.82) is 0 Å². The lowest BCUT2D eigenvalue weighted by Crippen LogP contribution is -2.43. The van der Waals surface area contributed by atoms with Crippen molar-refractivity contribution >= 4 is 17.5 Å². The Balaban J connectivity index is 1.93. The van der Waals surface area contributed by atoms with Gasteiger partial charge in [-0.3, -0.25) is 14.5 Å². The Morgan fingerprint density at radius 3 is 2.67 bits per heavy atom. The van der Waals surface area contributed by atoms with E-state index in [0.29, 0.717) is 6.07 Å². The number of benzene rings is 1. The molecule has 1 aromatic rings. The zero-order valence-corrected chi connectivity index (χ0v) is 11.0. The standard InChI is InChI=1S/C13H14F3N3O2/c14-8-1-2-10(9(15)5-8)18-11(20)6-19-4-3-13(16,7-19)12(17)21/h1-2,5H,3-4,6-7H2,(H2,17,21)(H,18,20). The van der Waals surface area contributed by atoms with E-state index in [4.69, 9.17) is 5.73 Å². The summed E-state index contributed by atoms with van der Waals surface area (Å²) < 4.78 is 40.0. The smallest absolute Gasteiger partial charge is 0.256 e. The fraction of sp³-hybridized carbons (Fsp3) is 0.385. The zero-order valence-electron chi connectivity index (χ0n) is 11.0. The average molecular weight is 301 g/mol. The Morgan fingerprint density at radius 2 is 2.10 bits per heavy atom. The molecule has 5 nitrogen and oxygen atoms in total. The second-order valence-electron chi connectivity index (χ2n) is 4.96. The summed E-state index contributed by atoms with van der Waals surface area (Å²) in [5.41, 5.74) is 2.65. The summed E-state index contributed by atoms with van der Waals surface area (Å²) in [7, 11) is 0. The van der Waals surface area contributed by atoms with Gasteiger partial charge in [-0.05, 0) is 12.1 Å². The quantitative estimate of drug-likeness (QED) is 0.864. The third-order valence-corrected chi connectivity index (χ3v) is 3.31. The van der Waals surface area contributed by atoms with Crippen molar-refractivity contribution in [2.75, 3.05) is 25.0 Å². The maximum atomic E-state index is 13.9. The number of nitrogens with two attached hydrogens (primary N) is 1. The summed E-state index contributed by atoms with van der Waals surface area (Å²) in [4.78, 5) is 24.1. The highest BCUT2D eigenvalue weighted by atomic mass is 19.1. The van der Waals surface area contributed by atoms with Gasteiger partial charge in [0.05, 0.1) is 12.2 Å². The summed E-state index contributed by atoms with van der Waals surface area (Å²) in [6.07, 6.45) is -0.0828. The lowest BCUT2D eigenvalue weighted by atomic mass is 10.1. The molecule has 2 amide bonds. The Hall–Kier alpha value is -2.09. The fourth-order valence-corrected chi connectivity index (χ4v) is 2.17. The van der Waals surface area contributed by atoms with Gasteiger partial charge >= 0.3 is 0 Å². The number of primary amides is 1. The third kappa shape index (κ3) is 3.52. The van der Waals surface area contributed by atoms with Gasteiger partial charge in [0.15, 0.2) is 0 Å². The first kappa shape index (κ1) is 15.3. The molecule has 8 heteroatoms. The van der Waals surface area contributed by atoms with Crippen LogP contribution in [0.5, 0.6) is 0 Å². The number of anilines is 1. The predicted molar refractivity (Wildman–Crippen MR) is 69.1 cm³/mol. The number of alkyl halides is 1. The maximum absolute atomic E-state index is 13.9. The van der Waals surface area contributed by atoms with Crippen LogP contribution in [0.1, 0.15) is 6.42 Å². The molecular formula is C13H14F3N3O2. The lowest BCUT2D eigenvalue weighted by molar-refractivity contribution is -0.129. The number of halogens is 3. The van der Waals surface area contributed by atoms with Gasteiger partial charge in [-0.15, -0.1) is 0 Å². The molecule has 0 radical (unpaired) electrons. The zero-order chi connectivity index (χ0) is 15.6. The molecule has 1 aromatic carbocycles. The van der Waals surface area contributed by atoms with Crippen LogP contribution in [-0.4, -0.2) is 42.0 Å². The molecule has 2 rings (SSSR count). The van der Waals surface area contributed by atoms with Crippen LogP contribution in [0, 0.1) is 11.6 Å². The number of nitrogens with one attached hydrogen (secondary N) is 1. The van der Waals surface area contributed by atoms with Crippen LogP contribution >= 0.6 is 0 Å². The van der Waals surface area contributed by atoms with Gasteiger partial charge in [-0.1, -0.05) is 0 Å². The Bertz CT molecular complexity index is 582. The van der Waals surface area contributed by atoms with E-state index in [-0.39, 0.29) is 31.7 Å². The highest BCUT2D eigenvalue weighted by Crippen LogP contribution is 2.25. The summed E-state index contributed by atoms with van der Waals surface area (Å²) in [6.45, 7) is -0.295. The molecule has 1 atom stereocenters. The molecule has 3 N–H and O–H groups in total. The normalized spacial score (nSPS) is 22.2. The molecule has 1 fully saturated rings. The summed E-state index contributed by atoms with van der Waals surface area (Å²) >= 11 is 0. The van der Waals surface area contributed by atoms with Crippen molar-refractivity contribution in [2.45, 2.75) is 12.1 Å². The molecule has 1 unspecified atom stereocenters. The van der Waals surface area contributed by atoms with Crippen molar-refractivity contribution in [3.05, 3.63) is 29.8 Å². The van der Waals surface area contributed by atoms with Crippen LogP contribution in [-0.2, 0) is 9.59 Å². The van der Waals surface area contributed by atoms with E-state index >= 15 is 0 Å². The second-order valence-corrected chi connectivity index (χ2v) is 4.96. The van der Waals surface area contributed by atoms with Gasteiger partial charge in [0.2, 0.25) is 11.6 Å². The summed E-state index contributed by atoms with van der Waals surface area (Å²) in [5.74, 6) is -3.31. The van der Waals surface area contributed by atoms with E-state index in [1.54, 1.807) is 0 Å². The number of likely N-dealkylation sites (tertiary alicyclic amines) is 1. The Kier molecular flexibility index (Phi) is 4.17. The van der Waals surface area contributed by atoms with Crippen LogP contribution < -0.4 is 11.1 Å². The minimum absolute atomic E-state index is 0.0828. The second kappa shape index (κ2) is 5.72. The predicted octanol–water partition coefficient (Wildman–Crippen LogP) is 0.803. The molecular weight excluding hydrogens is 287 g/mol. The molecule has 0 aromatic heterocycles. The van der Waals surface area contributed by atoms with Gasteiger partial charge in [0.25, 0.3) is 5.91 Å². The van der Waals surface area contributed by atoms with Crippen LogP contribution in [0.4, 0.5) is 18.9 Å². The van der Waals surface area contributed by atoms with E-state index in [1.807, 2.05) is 0 Å². The van der Waals surface area contributed by atoms with Gasteiger partial charge in [-0.2, -0.15) is 0 Å². The monoisotopic (exact) mass is 301 g/mol. The van der Waals surface area contributed by atoms with Crippen LogP contribution in [0.25, 0.3) is 0 Å². The van der Waals surface area contributed by atoms with Crippen LogP contribution in [0.3, 0.4) is 0 Å². The molecule has 0 bridgehead atoms. The molecule has 1 aliphatic rings. The first-order valence-electron chi connectivity index (χ1n) is 6.26. The molecule has 1 aliphatic heterocycles. The number of carbonyl (C=O) groups excluding carboxylic acids is 2. The van der Waals surface area contributed by atoms with Crippen molar-refractivity contribution in [1.82, 2.24) is 4.90 Å². The van der Waals surface area contributed by atoms with Crippen molar-refractivity contribution in [2.24, 2.45) is 5.73 Å². The molecule has 0 spiro atoms. The number of rotatable bonds is 4. The van der Waals surface area contributed by atoms with Crippen molar-refractivity contribution in [3.63, 3.8) is 0 Å². The van der Waals surface area contributed by atoms with Gasteiger partial charge < -0.3 is 11.1 Å². The van der Waals surface area contributed by atoms with Crippen molar-refractivity contribution < 1.29 is 22.8 Å². The van der Waals surface area contributed by atoms with E-state index in [9.17, 15) is 22.8 Å². The number of carbonyl (C=O) groups is 2. The Labute approximate surface area is 118 Å². The topological polar surface area (TPSA) is 75.4 Å². The van der Waals surface area contributed by atoms with Gasteiger partial charge in [0.1, 0.15) is 11.6 Å². The number of hydrogen-bond acceptors (Lipinski definition) is 3. The van der Waals surface area contributed by atoms with Gasteiger partial charge in [0, 0.05) is 25.6 Å². The third-order valence-electron chi connectivity index (χ3n) is 3.31. The largest absolute Gasteiger partial charge is 0.367 e. The van der Waals surface area contributed by atoms with Crippen molar-refractivity contribution in [3.8, 4) is 0 Å². The van der Waals surface area contributed by atoms with E-state index in [2.05, 4.69) is 5.32 Å². The summed E-state index contributed by atoms with van der Waals surface area (Å²) in [5, 5.41) is 2.26. The first-order valence-corrected chi connectivity index (χ1v) is 6.26. The minimum Gasteiger partial charge on any atom is -0.367 e. The highest BCUT2D eigenvalue weighted by Gasteiger charge is 2.43. The number of amides is 2. The lowest BCUT2D eigenvalue weighted by Gasteiger charge is -2.17.